The van der Waals surface area contributed by atoms with E-state index in [1.807, 2.05) is 31.2 Å². The molecular formula is C20H24FNO3. The third kappa shape index (κ3) is 6.10. The van der Waals surface area contributed by atoms with Crippen LogP contribution in [0.3, 0.4) is 0 Å². The highest BCUT2D eigenvalue weighted by molar-refractivity contribution is 5.81. The maximum Gasteiger partial charge on any atom is 0.261 e. The lowest BCUT2D eigenvalue weighted by Crippen LogP contribution is -2.38. The van der Waals surface area contributed by atoms with Gasteiger partial charge in [0.2, 0.25) is 0 Å². The van der Waals surface area contributed by atoms with E-state index in [0.29, 0.717) is 18.7 Å². The first-order chi connectivity index (χ1) is 12.1. The summed E-state index contributed by atoms with van der Waals surface area (Å²) < 4.78 is 23.7. The van der Waals surface area contributed by atoms with E-state index in [1.165, 1.54) is 29.8 Å². The van der Waals surface area contributed by atoms with E-state index in [1.54, 1.807) is 7.11 Å². The summed E-state index contributed by atoms with van der Waals surface area (Å²) in [6.45, 7) is 2.45. The molecule has 2 rings (SSSR count). The molecule has 0 radical (unpaired) electrons. The zero-order chi connectivity index (χ0) is 18.1. The second-order valence-electron chi connectivity index (χ2n) is 5.71. The largest absolute Gasteiger partial charge is 0.497 e. The average Bonchev–Trinajstić information content (AvgIpc) is 2.64. The lowest BCUT2D eigenvalue weighted by molar-refractivity contribution is -0.128. The van der Waals surface area contributed by atoms with Crippen LogP contribution in [0.4, 0.5) is 4.39 Å². The molecule has 0 aliphatic rings. The van der Waals surface area contributed by atoms with Crippen molar-refractivity contribution in [2.45, 2.75) is 32.3 Å². The van der Waals surface area contributed by atoms with Gasteiger partial charge in [-0.1, -0.05) is 19.1 Å². The van der Waals surface area contributed by atoms with E-state index in [9.17, 15) is 9.18 Å². The molecule has 25 heavy (non-hydrogen) atoms. The Labute approximate surface area is 148 Å². The van der Waals surface area contributed by atoms with Crippen molar-refractivity contribution in [1.82, 2.24) is 5.32 Å². The van der Waals surface area contributed by atoms with Crippen LogP contribution in [0.5, 0.6) is 11.5 Å². The number of methoxy groups -OCH3 is 1. The van der Waals surface area contributed by atoms with Crippen LogP contribution >= 0.6 is 0 Å². The molecule has 4 nitrogen and oxygen atoms in total. The Bertz CT molecular complexity index is 673. The van der Waals surface area contributed by atoms with Crippen LogP contribution in [0.1, 0.15) is 25.3 Å². The lowest BCUT2D eigenvalue weighted by Gasteiger charge is -2.17. The first-order valence-electron chi connectivity index (χ1n) is 8.45. The summed E-state index contributed by atoms with van der Waals surface area (Å²) in [6, 6.07) is 13.6. The Hall–Kier alpha value is -2.56. The minimum atomic E-state index is -0.581. The maximum absolute atomic E-state index is 12.9. The van der Waals surface area contributed by atoms with Crippen molar-refractivity contribution < 1.29 is 18.7 Å². The van der Waals surface area contributed by atoms with E-state index in [4.69, 9.17) is 9.47 Å². The van der Waals surface area contributed by atoms with Crippen LogP contribution in [-0.4, -0.2) is 25.7 Å². The second-order valence-corrected chi connectivity index (χ2v) is 5.71. The Kier molecular flexibility index (Phi) is 7.26. The van der Waals surface area contributed by atoms with Gasteiger partial charge in [-0.15, -0.1) is 0 Å². The van der Waals surface area contributed by atoms with Gasteiger partial charge in [0, 0.05) is 6.54 Å². The summed E-state index contributed by atoms with van der Waals surface area (Å²) in [5, 5.41) is 2.89. The van der Waals surface area contributed by atoms with E-state index < -0.39 is 6.10 Å². The van der Waals surface area contributed by atoms with Gasteiger partial charge in [0.15, 0.2) is 6.10 Å². The van der Waals surface area contributed by atoms with Crippen molar-refractivity contribution in [3.8, 4) is 11.5 Å². The number of hydrogen-bond acceptors (Lipinski definition) is 3. The van der Waals surface area contributed by atoms with Crippen molar-refractivity contribution in [2.75, 3.05) is 13.7 Å². The molecule has 5 heteroatoms. The van der Waals surface area contributed by atoms with Crippen molar-refractivity contribution in [1.29, 1.82) is 0 Å². The molecule has 0 aliphatic heterocycles. The van der Waals surface area contributed by atoms with E-state index >= 15 is 0 Å². The number of aryl methyl sites for hydroxylation is 1. The van der Waals surface area contributed by atoms with Crippen molar-refractivity contribution in [2.24, 2.45) is 0 Å². The first-order valence-corrected chi connectivity index (χ1v) is 8.45. The maximum atomic E-state index is 12.9. The van der Waals surface area contributed by atoms with Crippen LogP contribution in [0.15, 0.2) is 48.5 Å². The Morgan fingerprint density at radius 2 is 1.92 bits per heavy atom. The SMILES string of the molecule is CC[C@H](Oc1ccc(F)cc1)C(=O)NCCCc1cccc(OC)c1. The van der Waals surface area contributed by atoms with E-state index in [2.05, 4.69) is 5.32 Å². The number of benzene rings is 2. The minimum absolute atomic E-state index is 0.155. The molecular weight excluding hydrogens is 321 g/mol. The molecule has 1 N–H and O–H groups in total. The van der Waals surface area contributed by atoms with Crippen molar-refractivity contribution in [3.63, 3.8) is 0 Å². The standard InChI is InChI=1S/C20H24FNO3/c1-3-19(25-17-11-9-16(21)10-12-17)20(23)22-13-5-7-15-6-4-8-18(14-15)24-2/h4,6,8-12,14,19H,3,5,7,13H2,1-2H3,(H,22,23)/t19-/m0/s1. The molecule has 0 fully saturated rings. The topological polar surface area (TPSA) is 47.6 Å². The molecule has 0 spiro atoms. The number of carbonyl (C=O) groups is 1. The van der Waals surface area contributed by atoms with Gasteiger partial charge in [0.25, 0.3) is 5.91 Å². The molecule has 0 aromatic heterocycles. The fraction of sp³-hybridized carbons (Fsp3) is 0.350. The summed E-state index contributed by atoms with van der Waals surface area (Å²) in [5.74, 6) is 0.833. The molecule has 0 saturated heterocycles. The third-order valence-electron chi connectivity index (χ3n) is 3.83. The highest BCUT2D eigenvalue weighted by Crippen LogP contribution is 2.15. The number of nitrogens with one attached hydrogen (secondary N) is 1. The monoisotopic (exact) mass is 345 g/mol. The molecule has 1 atom stereocenters. The summed E-state index contributed by atoms with van der Waals surface area (Å²) in [5.41, 5.74) is 1.17. The zero-order valence-electron chi connectivity index (χ0n) is 14.6. The fourth-order valence-electron chi connectivity index (χ4n) is 2.45. The summed E-state index contributed by atoms with van der Waals surface area (Å²) in [6.07, 6.45) is 1.64. The average molecular weight is 345 g/mol. The fourth-order valence-corrected chi connectivity index (χ4v) is 2.45. The van der Waals surface area contributed by atoms with Crippen LogP contribution in [0, 0.1) is 5.82 Å². The molecule has 134 valence electrons. The van der Waals surface area contributed by atoms with Gasteiger partial charge in [0.05, 0.1) is 7.11 Å². The number of hydrogen-bond donors (Lipinski definition) is 1. The zero-order valence-corrected chi connectivity index (χ0v) is 14.6. The summed E-state index contributed by atoms with van der Waals surface area (Å²) >= 11 is 0. The predicted molar refractivity (Wildman–Crippen MR) is 95.4 cm³/mol. The summed E-state index contributed by atoms with van der Waals surface area (Å²) in [4.78, 5) is 12.2. The highest BCUT2D eigenvalue weighted by Gasteiger charge is 2.17. The first kappa shape index (κ1) is 18.8. The van der Waals surface area contributed by atoms with Crippen LogP contribution in [0.2, 0.25) is 0 Å². The Balaban J connectivity index is 1.76. The number of carbonyl (C=O) groups excluding carboxylic acids is 1. The Morgan fingerprint density at radius 3 is 2.60 bits per heavy atom. The van der Waals surface area contributed by atoms with Crippen LogP contribution in [0.25, 0.3) is 0 Å². The molecule has 0 heterocycles. The quantitative estimate of drug-likeness (QED) is 0.704. The molecule has 0 bridgehead atoms. The minimum Gasteiger partial charge on any atom is -0.497 e. The van der Waals surface area contributed by atoms with Gasteiger partial charge in [0.1, 0.15) is 17.3 Å². The van der Waals surface area contributed by atoms with E-state index in [0.717, 1.165) is 18.6 Å². The predicted octanol–water partition coefficient (Wildman–Crippen LogP) is 3.74. The van der Waals surface area contributed by atoms with Crippen molar-refractivity contribution >= 4 is 5.91 Å². The molecule has 2 aromatic carbocycles. The molecule has 0 saturated carbocycles. The van der Waals surface area contributed by atoms with E-state index in [-0.39, 0.29) is 11.7 Å². The van der Waals surface area contributed by atoms with Gasteiger partial charge in [-0.3, -0.25) is 4.79 Å². The number of halogens is 1. The van der Waals surface area contributed by atoms with Gasteiger partial charge >= 0.3 is 0 Å². The third-order valence-corrected chi connectivity index (χ3v) is 3.83. The molecule has 2 aromatic rings. The number of ether oxygens (including phenoxy) is 2. The highest BCUT2D eigenvalue weighted by atomic mass is 19.1. The molecule has 1 amide bonds. The number of amides is 1. The normalized spacial score (nSPS) is 11.6. The van der Waals surface area contributed by atoms with Crippen molar-refractivity contribution in [3.05, 3.63) is 59.9 Å². The van der Waals surface area contributed by atoms with Gasteiger partial charge in [-0.25, -0.2) is 4.39 Å². The smallest absolute Gasteiger partial charge is 0.261 e. The van der Waals surface area contributed by atoms with Gasteiger partial charge in [-0.05, 0) is 61.2 Å². The van der Waals surface area contributed by atoms with Crippen LogP contribution < -0.4 is 14.8 Å². The second kappa shape index (κ2) is 9.67. The number of rotatable bonds is 9. The Morgan fingerprint density at radius 1 is 1.16 bits per heavy atom. The molecule has 0 aliphatic carbocycles. The summed E-state index contributed by atoms with van der Waals surface area (Å²) in [7, 11) is 1.64. The van der Waals surface area contributed by atoms with Crippen LogP contribution in [-0.2, 0) is 11.2 Å². The van der Waals surface area contributed by atoms with Gasteiger partial charge in [-0.2, -0.15) is 0 Å². The molecule has 0 unspecified atom stereocenters. The lowest BCUT2D eigenvalue weighted by atomic mass is 10.1. The van der Waals surface area contributed by atoms with Gasteiger partial charge < -0.3 is 14.8 Å².